The van der Waals surface area contributed by atoms with E-state index in [1.165, 1.54) is 47.8 Å². The number of fused-ring (bicyclic) bond motifs is 7. The zero-order valence-corrected chi connectivity index (χ0v) is 24.0. The molecule has 0 bridgehead atoms. The van der Waals surface area contributed by atoms with E-state index in [2.05, 4.69) is 144 Å². The highest BCUT2D eigenvalue weighted by Crippen LogP contribution is 2.48. The molecule has 7 aromatic carbocycles. The Morgan fingerprint density at radius 3 is 2.02 bits per heavy atom. The number of rotatable bonds is 4. The summed E-state index contributed by atoms with van der Waals surface area (Å²) in [4.78, 5) is 2.44. The van der Waals surface area contributed by atoms with E-state index >= 15 is 0 Å². The molecule has 3 heteroatoms. The monoisotopic (exact) mass is 567 g/mol. The molecule has 0 N–H and O–H groups in total. The second-order valence-corrected chi connectivity index (χ2v) is 12.0. The van der Waals surface area contributed by atoms with E-state index in [1.807, 2.05) is 23.5 Å². The fourth-order valence-corrected chi connectivity index (χ4v) is 7.72. The molecule has 0 aliphatic heterocycles. The zero-order valence-electron chi connectivity index (χ0n) is 23.2. The van der Waals surface area contributed by atoms with E-state index in [4.69, 9.17) is 4.42 Å². The Morgan fingerprint density at radius 1 is 0.442 bits per heavy atom. The molecular formula is C40H25NOS. The van der Waals surface area contributed by atoms with Crippen molar-refractivity contribution in [1.29, 1.82) is 0 Å². The predicted octanol–water partition coefficient (Wildman–Crippen LogP) is 12.2. The molecule has 0 aliphatic carbocycles. The first kappa shape index (κ1) is 24.2. The van der Waals surface area contributed by atoms with Gasteiger partial charge in [-0.25, -0.2) is 0 Å². The molecule has 0 spiro atoms. The maximum Gasteiger partial charge on any atom is 0.135 e. The molecule has 202 valence electrons. The van der Waals surface area contributed by atoms with Gasteiger partial charge in [-0.15, -0.1) is 11.3 Å². The molecule has 0 fully saturated rings. The molecule has 2 aromatic heterocycles. The molecule has 0 amide bonds. The number of nitrogens with zero attached hydrogens (tertiary/aromatic N) is 1. The molecule has 0 saturated carbocycles. The third kappa shape index (κ3) is 3.79. The lowest BCUT2D eigenvalue weighted by molar-refractivity contribution is 0.669. The highest BCUT2D eigenvalue weighted by Gasteiger charge is 2.22. The van der Waals surface area contributed by atoms with Gasteiger partial charge in [-0.2, -0.15) is 0 Å². The van der Waals surface area contributed by atoms with E-state index in [-0.39, 0.29) is 0 Å². The van der Waals surface area contributed by atoms with Crippen LogP contribution in [0.5, 0.6) is 0 Å². The van der Waals surface area contributed by atoms with E-state index < -0.39 is 0 Å². The van der Waals surface area contributed by atoms with Crippen molar-refractivity contribution in [2.24, 2.45) is 0 Å². The van der Waals surface area contributed by atoms with Gasteiger partial charge in [0.05, 0.1) is 16.1 Å². The van der Waals surface area contributed by atoms with Crippen LogP contribution in [0, 0.1) is 0 Å². The Bertz CT molecular complexity index is 2470. The van der Waals surface area contributed by atoms with Crippen molar-refractivity contribution in [2.45, 2.75) is 0 Å². The molecule has 9 aromatic rings. The van der Waals surface area contributed by atoms with Gasteiger partial charge in [-0.3, -0.25) is 0 Å². The minimum absolute atomic E-state index is 0.897. The van der Waals surface area contributed by atoms with Crippen molar-refractivity contribution in [3.8, 4) is 11.1 Å². The van der Waals surface area contributed by atoms with E-state index in [1.54, 1.807) is 0 Å². The average molecular weight is 568 g/mol. The summed E-state index contributed by atoms with van der Waals surface area (Å²) in [6.07, 6.45) is 0. The number of anilines is 3. The summed E-state index contributed by atoms with van der Waals surface area (Å²) in [7, 11) is 0. The lowest BCUT2D eigenvalue weighted by Crippen LogP contribution is -2.10. The topological polar surface area (TPSA) is 16.4 Å². The van der Waals surface area contributed by atoms with Gasteiger partial charge >= 0.3 is 0 Å². The Balaban J connectivity index is 1.37. The second-order valence-electron chi connectivity index (χ2n) is 10.9. The second kappa shape index (κ2) is 9.59. The molecule has 0 atom stereocenters. The lowest BCUT2D eigenvalue weighted by atomic mass is 9.96. The molecule has 0 saturated heterocycles. The SMILES string of the molecule is c1ccc(-c2ccc(N(c3ccc4oc5ccccc5c4c3)c3cccc4c3sc3ccccc34)c3ccccc23)cc1. The minimum Gasteiger partial charge on any atom is -0.456 e. The van der Waals surface area contributed by atoms with Crippen molar-refractivity contribution < 1.29 is 4.42 Å². The zero-order chi connectivity index (χ0) is 28.3. The van der Waals surface area contributed by atoms with Gasteiger partial charge in [0, 0.05) is 37.3 Å². The Labute approximate surface area is 252 Å². The molecule has 2 nitrogen and oxygen atoms in total. The fraction of sp³-hybridized carbons (Fsp3) is 0. The van der Waals surface area contributed by atoms with Crippen LogP contribution >= 0.6 is 11.3 Å². The van der Waals surface area contributed by atoms with Gasteiger partial charge in [0.15, 0.2) is 0 Å². The van der Waals surface area contributed by atoms with Crippen molar-refractivity contribution in [1.82, 2.24) is 0 Å². The largest absolute Gasteiger partial charge is 0.456 e. The summed E-state index contributed by atoms with van der Waals surface area (Å²) >= 11 is 1.86. The van der Waals surface area contributed by atoms with Crippen LogP contribution in [-0.4, -0.2) is 0 Å². The summed E-state index contributed by atoms with van der Waals surface area (Å²) in [5, 5.41) is 7.26. The van der Waals surface area contributed by atoms with Gasteiger partial charge in [0.1, 0.15) is 11.2 Å². The predicted molar refractivity (Wildman–Crippen MR) is 184 cm³/mol. The molecule has 43 heavy (non-hydrogen) atoms. The van der Waals surface area contributed by atoms with E-state index in [9.17, 15) is 0 Å². The minimum atomic E-state index is 0.897. The summed E-state index contributed by atoms with van der Waals surface area (Å²) < 4.78 is 8.80. The van der Waals surface area contributed by atoms with Crippen LogP contribution in [-0.2, 0) is 0 Å². The average Bonchev–Trinajstić information content (AvgIpc) is 3.64. The van der Waals surface area contributed by atoms with E-state index in [0.717, 1.165) is 33.3 Å². The first-order valence-corrected chi connectivity index (χ1v) is 15.3. The third-order valence-electron chi connectivity index (χ3n) is 8.47. The van der Waals surface area contributed by atoms with Crippen LogP contribution in [0.3, 0.4) is 0 Å². The van der Waals surface area contributed by atoms with Crippen molar-refractivity contribution in [3.05, 3.63) is 152 Å². The molecular weight excluding hydrogens is 543 g/mol. The lowest BCUT2D eigenvalue weighted by Gasteiger charge is -2.28. The normalized spacial score (nSPS) is 11.7. The first-order chi connectivity index (χ1) is 21.3. The van der Waals surface area contributed by atoms with Crippen molar-refractivity contribution in [2.75, 3.05) is 4.90 Å². The van der Waals surface area contributed by atoms with Crippen LogP contribution in [0.2, 0.25) is 0 Å². The number of hydrogen-bond donors (Lipinski definition) is 0. The number of furan rings is 1. The number of thiophene rings is 1. The summed E-state index contributed by atoms with van der Waals surface area (Å²) in [6, 6.07) is 54.3. The van der Waals surface area contributed by atoms with Crippen LogP contribution in [0.15, 0.2) is 156 Å². The maximum atomic E-state index is 6.23. The molecule has 0 aliphatic rings. The van der Waals surface area contributed by atoms with Crippen LogP contribution in [0.25, 0.3) is 64.0 Å². The summed E-state index contributed by atoms with van der Waals surface area (Å²) in [5.74, 6) is 0. The molecule has 0 unspecified atom stereocenters. The fourth-order valence-electron chi connectivity index (χ4n) is 6.52. The van der Waals surface area contributed by atoms with Crippen LogP contribution in [0.1, 0.15) is 0 Å². The maximum absolute atomic E-state index is 6.23. The summed E-state index contributed by atoms with van der Waals surface area (Å²) in [6.45, 7) is 0. The van der Waals surface area contributed by atoms with Crippen LogP contribution < -0.4 is 4.90 Å². The standard InChI is InChI=1S/C40H25NOS/c1-2-11-26(12-3-1)28-22-23-35(30-14-5-4-13-29(28)30)41(27-21-24-38-34(25-27)31-15-6-8-19-37(31)42-38)36-18-10-17-33-32-16-7-9-20-39(32)43-40(33)36/h1-25H. The number of para-hydroxylation sites is 1. The third-order valence-corrected chi connectivity index (χ3v) is 9.68. The highest BCUT2D eigenvalue weighted by molar-refractivity contribution is 7.26. The van der Waals surface area contributed by atoms with Gasteiger partial charge in [0.25, 0.3) is 0 Å². The first-order valence-electron chi connectivity index (χ1n) is 14.5. The molecule has 9 rings (SSSR count). The Hall–Kier alpha value is -5.38. The summed E-state index contributed by atoms with van der Waals surface area (Å²) in [5.41, 5.74) is 7.67. The number of hydrogen-bond acceptors (Lipinski definition) is 3. The van der Waals surface area contributed by atoms with Gasteiger partial charge in [-0.05, 0) is 59.0 Å². The van der Waals surface area contributed by atoms with Crippen LogP contribution in [0.4, 0.5) is 17.1 Å². The number of benzene rings is 7. The molecule has 2 heterocycles. The smallest absolute Gasteiger partial charge is 0.135 e. The van der Waals surface area contributed by atoms with E-state index in [0.29, 0.717) is 0 Å². The quantitative estimate of drug-likeness (QED) is 0.210. The molecule has 0 radical (unpaired) electrons. The Morgan fingerprint density at radius 2 is 1.14 bits per heavy atom. The Kier molecular flexibility index (Phi) is 5.40. The van der Waals surface area contributed by atoms with Gasteiger partial charge < -0.3 is 9.32 Å². The van der Waals surface area contributed by atoms with Crippen molar-refractivity contribution in [3.63, 3.8) is 0 Å². The highest BCUT2D eigenvalue weighted by atomic mass is 32.1. The van der Waals surface area contributed by atoms with Crippen molar-refractivity contribution >= 4 is 81.3 Å². The van der Waals surface area contributed by atoms with Gasteiger partial charge in [0.2, 0.25) is 0 Å². The van der Waals surface area contributed by atoms with Gasteiger partial charge in [-0.1, -0.05) is 109 Å².